The molecule has 1 aliphatic heterocycles. The quantitative estimate of drug-likeness (QED) is 0.244. The Bertz CT molecular complexity index is 389. The SMILES string of the molecule is CN=C(NCCCOC)NCCN1CCS(=O)(=O)CC1.I. The van der Waals surface area contributed by atoms with Crippen LogP contribution in [-0.2, 0) is 14.6 Å². The molecule has 0 saturated carbocycles. The molecule has 0 aromatic carbocycles. The summed E-state index contributed by atoms with van der Waals surface area (Å²) in [6.07, 6.45) is 0.932. The van der Waals surface area contributed by atoms with Crippen LogP contribution in [0.4, 0.5) is 0 Å². The Kier molecular flexibility index (Phi) is 11.4. The molecule has 1 rings (SSSR count). The zero-order chi connectivity index (χ0) is 14.8. The van der Waals surface area contributed by atoms with Crippen LogP contribution in [0.15, 0.2) is 4.99 Å². The predicted octanol–water partition coefficient (Wildman–Crippen LogP) is -0.464. The minimum Gasteiger partial charge on any atom is -0.385 e. The molecule has 0 atom stereocenters. The number of ether oxygens (including phenoxy) is 1. The van der Waals surface area contributed by atoms with Gasteiger partial charge in [0.2, 0.25) is 0 Å². The van der Waals surface area contributed by atoms with Crippen molar-refractivity contribution >= 4 is 39.8 Å². The summed E-state index contributed by atoms with van der Waals surface area (Å²) in [5, 5.41) is 6.42. The van der Waals surface area contributed by atoms with E-state index in [4.69, 9.17) is 4.74 Å². The van der Waals surface area contributed by atoms with E-state index >= 15 is 0 Å². The number of halogens is 1. The molecular formula is C12H27IN4O3S. The summed E-state index contributed by atoms with van der Waals surface area (Å²) in [6.45, 7) is 4.38. The lowest BCUT2D eigenvalue weighted by Crippen LogP contribution is -2.46. The van der Waals surface area contributed by atoms with E-state index in [1.807, 2.05) is 0 Å². The Hall–Kier alpha value is -0.130. The van der Waals surface area contributed by atoms with Crippen molar-refractivity contribution in [1.82, 2.24) is 15.5 Å². The molecular weight excluding hydrogens is 407 g/mol. The van der Waals surface area contributed by atoms with Crippen molar-refractivity contribution < 1.29 is 13.2 Å². The number of sulfone groups is 1. The van der Waals surface area contributed by atoms with Gasteiger partial charge in [0.15, 0.2) is 15.8 Å². The van der Waals surface area contributed by atoms with E-state index in [0.717, 1.165) is 38.6 Å². The van der Waals surface area contributed by atoms with Crippen molar-refractivity contribution in [3.8, 4) is 0 Å². The highest BCUT2D eigenvalue weighted by Crippen LogP contribution is 2.02. The number of methoxy groups -OCH3 is 1. The third-order valence-corrected chi connectivity index (χ3v) is 4.81. The van der Waals surface area contributed by atoms with E-state index in [0.29, 0.717) is 13.1 Å². The van der Waals surface area contributed by atoms with Gasteiger partial charge in [0, 0.05) is 53.5 Å². The largest absolute Gasteiger partial charge is 0.385 e. The predicted molar refractivity (Wildman–Crippen MR) is 96.4 cm³/mol. The van der Waals surface area contributed by atoms with Crippen LogP contribution in [0.25, 0.3) is 0 Å². The highest BCUT2D eigenvalue weighted by atomic mass is 127. The van der Waals surface area contributed by atoms with E-state index in [9.17, 15) is 8.42 Å². The van der Waals surface area contributed by atoms with Crippen LogP contribution >= 0.6 is 24.0 Å². The number of rotatable bonds is 7. The molecule has 126 valence electrons. The summed E-state index contributed by atoms with van der Waals surface area (Å²) in [5.74, 6) is 1.32. The lowest BCUT2D eigenvalue weighted by atomic mass is 10.4. The molecule has 0 aromatic heterocycles. The number of hydrogen-bond acceptors (Lipinski definition) is 5. The van der Waals surface area contributed by atoms with E-state index in [2.05, 4.69) is 20.5 Å². The molecule has 1 saturated heterocycles. The lowest BCUT2D eigenvalue weighted by Gasteiger charge is -2.26. The monoisotopic (exact) mass is 434 g/mol. The Morgan fingerprint density at radius 1 is 1.24 bits per heavy atom. The minimum atomic E-state index is -2.79. The van der Waals surface area contributed by atoms with E-state index in [1.165, 1.54) is 0 Å². The summed E-state index contributed by atoms with van der Waals surface area (Å²) in [4.78, 5) is 6.29. The van der Waals surface area contributed by atoms with Crippen LogP contribution < -0.4 is 10.6 Å². The smallest absolute Gasteiger partial charge is 0.191 e. The van der Waals surface area contributed by atoms with Crippen LogP contribution in [-0.4, -0.2) is 84.3 Å². The van der Waals surface area contributed by atoms with Gasteiger partial charge in [-0.1, -0.05) is 0 Å². The molecule has 1 fully saturated rings. The van der Waals surface area contributed by atoms with Crippen molar-refractivity contribution in [3.05, 3.63) is 0 Å². The first-order chi connectivity index (χ1) is 9.57. The fourth-order valence-electron chi connectivity index (χ4n) is 1.95. The second kappa shape index (κ2) is 11.4. The molecule has 0 unspecified atom stereocenters. The van der Waals surface area contributed by atoms with Gasteiger partial charge in [-0.3, -0.25) is 9.89 Å². The molecule has 0 aromatic rings. The van der Waals surface area contributed by atoms with Crippen molar-refractivity contribution in [1.29, 1.82) is 0 Å². The Balaban J connectivity index is 0.00000400. The fourth-order valence-corrected chi connectivity index (χ4v) is 3.23. The van der Waals surface area contributed by atoms with Crippen molar-refractivity contribution in [2.45, 2.75) is 6.42 Å². The van der Waals surface area contributed by atoms with Gasteiger partial charge in [0.1, 0.15) is 0 Å². The van der Waals surface area contributed by atoms with Gasteiger partial charge in [-0.25, -0.2) is 8.42 Å². The van der Waals surface area contributed by atoms with Gasteiger partial charge in [0.25, 0.3) is 0 Å². The molecule has 9 heteroatoms. The van der Waals surface area contributed by atoms with Crippen LogP contribution in [0.3, 0.4) is 0 Å². The molecule has 1 aliphatic rings. The van der Waals surface area contributed by atoms with Crippen LogP contribution in [0, 0.1) is 0 Å². The maximum Gasteiger partial charge on any atom is 0.191 e. The second-order valence-electron chi connectivity index (χ2n) is 4.77. The number of nitrogens with one attached hydrogen (secondary N) is 2. The van der Waals surface area contributed by atoms with Crippen molar-refractivity contribution in [2.75, 3.05) is 65.0 Å². The highest BCUT2D eigenvalue weighted by molar-refractivity contribution is 14.0. The first-order valence-corrected chi connectivity index (χ1v) is 8.76. The molecule has 1 heterocycles. The number of guanidine groups is 1. The summed E-state index contributed by atoms with van der Waals surface area (Å²) in [7, 11) is 0.632. The molecule has 21 heavy (non-hydrogen) atoms. The molecule has 0 aliphatic carbocycles. The summed E-state index contributed by atoms with van der Waals surface area (Å²) in [5.41, 5.74) is 0. The van der Waals surface area contributed by atoms with Crippen LogP contribution in [0.5, 0.6) is 0 Å². The fraction of sp³-hybridized carbons (Fsp3) is 0.917. The topological polar surface area (TPSA) is 83.0 Å². The van der Waals surface area contributed by atoms with E-state index in [-0.39, 0.29) is 35.5 Å². The minimum absolute atomic E-state index is 0. The van der Waals surface area contributed by atoms with Gasteiger partial charge in [-0.2, -0.15) is 0 Å². The van der Waals surface area contributed by atoms with Crippen LogP contribution in [0.2, 0.25) is 0 Å². The molecule has 0 amide bonds. The lowest BCUT2D eigenvalue weighted by molar-refractivity contribution is 0.195. The highest BCUT2D eigenvalue weighted by Gasteiger charge is 2.20. The third kappa shape index (κ3) is 9.48. The molecule has 0 radical (unpaired) electrons. The Labute approximate surface area is 144 Å². The molecule has 0 spiro atoms. The van der Waals surface area contributed by atoms with Gasteiger partial charge in [-0.15, -0.1) is 24.0 Å². The van der Waals surface area contributed by atoms with E-state index < -0.39 is 9.84 Å². The third-order valence-electron chi connectivity index (χ3n) is 3.20. The summed E-state index contributed by atoms with van der Waals surface area (Å²) in [6, 6.07) is 0. The number of hydrogen-bond donors (Lipinski definition) is 2. The summed E-state index contributed by atoms with van der Waals surface area (Å²) >= 11 is 0. The maximum absolute atomic E-state index is 11.3. The maximum atomic E-state index is 11.3. The Morgan fingerprint density at radius 3 is 2.43 bits per heavy atom. The first kappa shape index (κ1) is 20.9. The van der Waals surface area contributed by atoms with Crippen LogP contribution in [0.1, 0.15) is 6.42 Å². The zero-order valence-corrected chi connectivity index (χ0v) is 15.9. The standard InChI is InChI=1S/C12H26N4O3S.HI/c1-13-12(14-4-3-9-19-2)15-5-6-16-7-10-20(17,18)11-8-16;/h3-11H2,1-2H3,(H2,13,14,15);1H. The Morgan fingerprint density at radius 2 is 1.86 bits per heavy atom. The first-order valence-electron chi connectivity index (χ1n) is 6.93. The normalized spacial score (nSPS) is 18.9. The zero-order valence-electron chi connectivity index (χ0n) is 12.8. The average Bonchev–Trinajstić information content (AvgIpc) is 2.43. The van der Waals surface area contributed by atoms with Crippen molar-refractivity contribution in [2.24, 2.45) is 4.99 Å². The average molecular weight is 434 g/mol. The molecule has 0 bridgehead atoms. The second-order valence-corrected chi connectivity index (χ2v) is 7.07. The van der Waals surface area contributed by atoms with Crippen molar-refractivity contribution in [3.63, 3.8) is 0 Å². The van der Waals surface area contributed by atoms with Gasteiger partial charge >= 0.3 is 0 Å². The van der Waals surface area contributed by atoms with Gasteiger partial charge in [-0.05, 0) is 6.42 Å². The van der Waals surface area contributed by atoms with Gasteiger partial charge in [0.05, 0.1) is 11.5 Å². The van der Waals surface area contributed by atoms with Gasteiger partial charge < -0.3 is 15.4 Å². The number of aliphatic imine (C=N–C) groups is 1. The molecule has 7 nitrogen and oxygen atoms in total. The summed E-state index contributed by atoms with van der Waals surface area (Å²) < 4.78 is 27.6. The number of nitrogens with zero attached hydrogens (tertiary/aromatic N) is 2. The molecule has 2 N–H and O–H groups in total. The van der Waals surface area contributed by atoms with E-state index in [1.54, 1.807) is 14.2 Å².